The smallest absolute Gasteiger partial charge is 0.351 e. The molecule has 2 amide bonds. The predicted octanol–water partition coefficient (Wildman–Crippen LogP) is 6.43. The van der Waals surface area contributed by atoms with Crippen molar-refractivity contribution >= 4 is 22.7 Å². The van der Waals surface area contributed by atoms with Crippen molar-refractivity contribution < 1.29 is 22.8 Å². The molecule has 1 aromatic heterocycles. The van der Waals surface area contributed by atoms with Crippen LogP contribution in [0.1, 0.15) is 66.5 Å². The number of amides is 2. The van der Waals surface area contributed by atoms with Gasteiger partial charge in [-0.2, -0.15) is 13.2 Å². The summed E-state index contributed by atoms with van der Waals surface area (Å²) in [6.45, 7) is 14.7. The highest BCUT2D eigenvalue weighted by Gasteiger charge is 2.35. The lowest BCUT2D eigenvalue weighted by Crippen LogP contribution is -2.48. The molecule has 0 unspecified atom stereocenters. The minimum absolute atomic E-state index is 0.0129. The van der Waals surface area contributed by atoms with Crippen LogP contribution in [-0.4, -0.2) is 27.5 Å². The van der Waals surface area contributed by atoms with Crippen LogP contribution in [0.5, 0.6) is 0 Å². The molecule has 0 aliphatic heterocycles. The highest BCUT2D eigenvalue weighted by atomic mass is 19.4. The molecule has 0 spiro atoms. The van der Waals surface area contributed by atoms with E-state index in [4.69, 9.17) is 0 Å². The highest BCUT2D eigenvalue weighted by Crippen LogP contribution is 2.39. The van der Waals surface area contributed by atoms with Crippen molar-refractivity contribution in [2.75, 3.05) is 0 Å². The Hall–Kier alpha value is -3.29. The molecule has 0 atom stereocenters. The van der Waals surface area contributed by atoms with E-state index < -0.39 is 28.2 Å². The molecular weight excluding hydrogens is 479 g/mol. The molecule has 0 saturated heterocycles. The summed E-state index contributed by atoms with van der Waals surface area (Å²) in [5.74, 6) is -0.476. The van der Waals surface area contributed by atoms with E-state index in [9.17, 15) is 22.8 Å². The molecule has 3 aromatic rings. The Morgan fingerprint density at radius 1 is 0.811 bits per heavy atom. The van der Waals surface area contributed by atoms with E-state index in [0.717, 1.165) is 6.07 Å². The standard InChI is InChI=1S/C29H36F3N3O2/c1-26(2,3)33-24(36)17-35-22-14-13-19(28(7,8)25(37)34-27(4,5)6)15-18(22)16-23(35)20-11-9-10-12-21(20)29(30,31)32/h9-16H,17H2,1-8H3,(H,33,36)(H,34,37). The van der Waals surface area contributed by atoms with Crippen molar-refractivity contribution in [3.05, 3.63) is 59.7 Å². The normalized spacial score (nSPS) is 13.1. The first-order valence-corrected chi connectivity index (χ1v) is 12.2. The van der Waals surface area contributed by atoms with Gasteiger partial charge in [0.15, 0.2) is 0 Å². The lowest BCUT2D eigenvalue weighted by Gasteiger charge is -2.30. The van der Waals surface area contributed by atoms with E-state index >= 15 is 0 Å². The number of halogens is 3. The summed E-state index contributed by atoms with van der Waals surface area (Å²) in [7, 11) is 0. The molecule has 200 valence electrons. The zero-order valence-electron chi connectivity index (χ0n) is 22.7. The van der Waals surface area contributed by atoms with Gasteiger partial charge in [-0.15, -0.1) is 0 Å². The number of nitrogens with zero attached hydrogens (tertiary/aromatic N) is 1. The van der Waals surface area contributed by atoms with Crippen LogP contribution in [0.15, 0.2) is 48.5 Å². The Labute approximate surface area is 216 Å². The molecule has 0 radical (unpaired) electrons. The molecular formula is C29H36F3N3O2. The lowest BCUT2D eigenvalue weighted by molar-refractivity contribution is -0.137. The fourth-order valence-electron chi connectivity index (χ4n) is 4.24. The number of nitrogens with one attached hydrogen (secondary N) is 2. The number of carbonyl (C=O) groups is 2. The quantitative estimate of drug-likeness (QED) is 0.411. The molecule has 37 heavy (non-hydrogen) atoms. The number of rotatable bonds is 5. The number of carbonyl (C=O) groups excluding carboxylic acids is 2. The van der Waals surface area contributed by atoms with Crippen molar-refractivity contribution in [3.8, 4) is 11.3 Å². The first kappa shape index (κ1) is 28.3. The second kappa shape index (κ2) is 9.54. The van der Waals surface area contributed by atoms with E-state index in [1.165, 1.54) is 12.1 Å². The van der Waals surface area contributed by atoms with Gasteiger partial charge in [-0.1, -0.05) is 24.3 Å². The number of hydrogen-bond donors (Lipinski definition) is 2. The number of hydrogen-bond acceptors (Lipinski definition) is 2. The Morgan fingerprint density at radius 2 is 1.41 bits per heavy atom. The summed E-state index contributed by atoms with van der Waals surface area (Å²) in [5.41, 5.74) is -1.00. The number of fused-ring (bicyclic) bond motifs is 1. The van der Waals surface area contributed by atoms with Gasteiger partial charge in [-0.05, 0) is 85.2 Å². The molecule has 5 nitrogen and oxygen atoms in total. The van der Waals surface area contributed by atoms with Crippen molar-refractivity contribution in [1.29, 1.82) is 0 Å². The second-order valence-corrected chi connectivity index (χ2v) is 12.1. The zero-order valence-corrected chi connectivity index (χ0v) is 22.7. The van der Waals surface area contributed by atoms with Crippen LogP contribution in [0.4, 0.5) is 13.2 Å². The first-order chi connectivity index (χ1) is 16.8. The Bertz CT molecular complexity index is 1320. The van der Waals surface area contributed by atoms with Crippen LogP contribution in [-0.2, 0) is 27.7 Å². The van der Waals surface area contributed by atoms with Crippen LogP contribution in [0.2, 0.25) is 0 Å². The van der Waals surface area contributed by atoms with E-state index in [1.54, 1.807) is 28.8 Å². The fraction of sp³-hybridized carbons (Fsp3) is 0.448. The summed E-state index contributed by atoms with van der Waals surface area (Å²) in [4.78, 5) is 25.9. The Kier molecular flexibility index (Phi) is 7.29. The van der Waals surface area contributed by atoms with Gasteiger partial charge < -0.3 is 15.2 Å². The average Bonchev–Trinajstić information content (AvgIpc) is 3.08. The summed E-state index contributed by atoms with van der Waals surface area (Å²) in [6, 6.07) is 12.4. The summed E-state index contributed by atoms with van der Waals surface area (Å²) in [6.07, 6.45) is -4.57. The minimum Gasteiger partial charge on any atom is -0.351 e. The molecule has 1 heterocycles. The van der Waals surface area contributed by atoms with Crippen molar-refractivity contribution in [3.63, 3.8) is 0 Å². The minimum atomic E-state index is -4.57. The monoisotopic (exact) mass is 515 g/mol. The molecule has 3 rings (SSSR count). The van der Waals surface area contributed by atoms with Gasteiger partial charge in [0.2, 0.25) is 11.8 Å². The summed E-state index contributed by atoms with van der Waals surface area (Å²) < 4.78 is 43.4. The largest absolute Gasteiger partial charge is 0.417 e. The Morgan fingerprint density at radius 3 is 1.97 bits per heavy atom. The molecule has 2 aromatic carbocycles. The van der Waals surface area contributed by atoms with Crippen LogP contribution in [0.25, 0.3) is 22.2 Å². The number of benzene rings is 2. The first-order valence-electron chi connectivity index (χ1n) is 12.2. The van der Waals surface area contributed by atoms with Crippen molar-refractivity contribution in [2.45, 2.75) is 84.6 Å². The van der Waals surface area contributed by atoms with Gasteiger partial charge in [-0.3, -0.25) is 9.59 Å². The molecule has 2 N–H and O–H groups in total. The molecule has 0 aliphatic carbocycles. The van der Waals surface area contributed by atoms with Crippen molar-refractivity contribution in [2.24, 2.45) is 0 Å². The van der Waals surface area contributed by atoms with Crippen LogP contribution < -0.4 is 10.6 Å². The SMILES string of the molecule is CC(C)(C)NC(=O)Cn1c(-c2ccccc2C(F)(F)F)cc2cc(C(C)(C)C(=O)NC(C)(C)C)ccc21. The average molecular weight is 516 g/mol. The van der Waals surface area contributed by atoms with Gasteiger partial charge in [0.25, 0.3) is 0 Å². The van der Waals surface area contributed by atoms with Gasteiger partial charge in [0, 0.05) is 27.5 Å². The highest BCUT2D eigenvalue weighted by molar-refractivity contribution is 5.93. The van der Waals surface area contributed by atoms with Gasteiger partial charge in [0.1, 0.15) is 6.54 Å². The molecule has 0 saturated carbocycles. The van der Waals surface area contributed by atoms with E-state index in [-0.39, 0.29) is 29.6 Å². The van der Waals surface area contributed by atoms with E-state index in [1.807, 2.05) is 61.5 Å². The van der Waals surface area contributed by atoms with E-state index in [0.29, 0.717) is 16.5 Å². The second-order valence-electron chi connectivity index (χ2n) is 12.1. The van der Waals surface area contributed by atoms with Crippen LogP contribution in [0, 0.1) is 0 Å². The molecule has 0 fully saturated rings. The molecule has 0 aliphatic rings. The Balaban J connectivity index is 2.20. The third-order valence-electron chi connectivity index (χ3n) is 6.00. The molecule has 0 bridgehead atoms. The van der Waals surface area contributed by atoms with Gasteiger partial charge >= 0.3 is 6.18 Å². The fourth-order valence-corrected chi connectivity index (χ4v) is 4.24. The summed E-state index contributed by atoms with van der Waals surface area (Å²) in [5, 5.41) is 6.52. The van der Waals surface area contributed by atoms with Gasteiger partial charge in [-0.25, -0.2) is 0 Å². The number of aromatic nitrogens is 1. The summed E-state index contributed by atoms with van der Waals surface area (Å²) >= 11 is 0. The maximum absolute atomic E-state index is 13.9. The number of alkyl halides is 3. The molecule has 8 heteroatoms. The van der Waals surface area contributed by atoms with E-state index in [2.05, 4.69) is 10.6 Å². The van der Waals surface area contributed by atoms with Crippen molar-refractivity contribution in [1.82, 2.24) is 15.2 Å². The van der Waals surface area contributed by atoms with Crippen LogP contribution >= 0.6 is 0 Å². The third-order valence-corrected chi connectivity index (χ3v) is 6.00. The lowest BCUT2D eigenvalue weighted by atomic mass is 9.82. The maximum atomic E-state index is 13.9. The predicted molar refractivity (Wildman–Crippen MR) is 141 cm³/mol. The topological polar surface area (TPSA) is 63.1 Å². The van der Waals surface area contributed by atoms with Gasteiger partial charge in [0.05, 0.1) is 16.7 Å². The third kappa shape index (κ3) is 6.53. The van der Waals surface area contributed by atoms with Crippen LogP contribution in [0.3, 0.4) is 0 Å². The maximum Gasteiger partial charge on any atom is 0.417 e. The zero-order chi connectivity index (χ0) is 28.0.